The van der Waals surface area contributed by atoms with Gasteiger partial charge in [0.25, 0.3) is 0 Å². The molecule has 0 aromatic heterocycles. The number of benzene rings is 3. The Labute approximate surface area is 184 Å². The fourth-order valence-corrected chi connectivity index (χ4v) is 3.52. The molecular weight excluding hydrogens is 419 g/mol. The summed E-state index contributed by atoms with van der Waals surface area (Å²) >= 11 is 0. The molecule has 0 heterocycles. The summed E-state index contributed by atoms with van der Waals surface area (Å²) in [4.78, 5) is 0. The van der Waals surface area contributed by atoms with Crippen molar-refractivity contribution in [2.45, 2.75) is 32.6 Å². The molecule has 0 spiro atoms. The molecule has 0 aliphatic heterocycles. The van der Waals surface area contributed by atoms with E-state index in [0.717, 1.165) is 24.5 Å². The van der Waals surface area contributed by atoms with Crippen LogP contribution in [-0.2, 0) is 12.8 Å². The highest BCUT2D eigenvalue weighted by Gasteiger charge is 2.22. The van der Waals surface area contributed by atoms with Gasteiger partial charge in [-0.1, -0.05) is 48.6 Å². The Hall–Kier alpha value is -3.21. The summed E-state index contributed by atoms with van der Waals surface area (Å²) in [5.41, 5.74) is 0.188. The first-order valence-corrected chi connectivity index (χ1v) is 10.3. The molecular formula is C27H23F5. The van der Waals surface area contributed by atoms with Crippen LogP contribution in [0.15, 0.2) is 67.3 Å². The molecule has 0 saturated heterocycles. The maximum Gasteiger partial charge on any atom is 0.169 e. The molecule has 0 atom stereocenters. The molecule has 0 nitrogen and oxygen atoms in total. The lowest BCUT2D eigenvalue weighted by Gasteiger charge is -2.11. The topological polar surface area (TPSA) is 0 Å². The van der Waals surface area contributed by atoms with Crippen molar-refractivity contribution in [2.24, 2.45) is 0 Å². The summed E-state index contributed by atoms with van der Waals surface area (Å²) in [6.45, 7) is 5.45. The van der Waals surface area contributed by atoms with Crippen LogP contribution in [0, 0.1) is 17.5 Å². The summed E-state index contributed by atoms with van der Waals surface area (Å²) in [5, 5.41) is -0.632. The Morgan fingerprint density at radius 3 is 2.22 bits per heavy atom. The van der Waals surface area contributed by atoms with Crippen LogP contribution in [0.4, 0.5) is 22.0 Å². The summed E-state index contributed by atoms with van der Waals surface area (Å²) in [5.74, 6) is -6.70. The lowest BCUT2D eigenvalue weighted by atomic mass is 9.98. The maximum atomic E-state index is 15.0. The normalized spacial score (nSPS) is 12.4. The summed E-state index contributed by atoms with van der Waals surface area (Å²) in [6, 6.07) is 9.76. The third-order valence-electron chi connectivity index (χ3n) is 5.29. The smallest absolute Gasteiger partial charge is 0.169 e. The van der Waals surface area contributed by atoms with E-state index in [9.17, 15) is 22.0 Å². The van der Waals surface area contributed by atoms with Gasteiger partial charge in [0.05, 0.1) is 5.39 Å². The second-order valence-corrected chi connectivity index (χ2v) is 7.45. The van der Waals surface area contributed by atoms with Gasteiger partial charge in [0.2, 0.25) is 0 Å². The Balaban J connectivity index is 2.00. The Morgan fingerprint density at radius 1 is 0.844 bits per heavy atom. The zero-order valence-electron chi connectivity index (χ0n) is 17.7. The van der Waals surface area contributed by atoms with Crippen LogP contribution in [0.5, 0.6) is 0 Å². The largest absolute Gasteiger partial charge is 0.205 e. The van der Waals surface area contributed by atoms with Crippen molar-refractivity contribution in [3.05, 3.63) is 107 Å². The number of hydrogen-bond acceptors (Lipinski definition) is 0. The van der Waals surface area contributed by atoms with E-state index in [-0.39, 0.29) is 22.9 Å². The molecule has 32 heavy (non-hydrogen) atoms. The fourth-order valence-electron chi connectivity index (χ4n) is 3.52. The van der Waals surface area contributed by atoms with Gasteiger partial charge in [-0.25, -0.2) is 22.0 Å². The van der Waals surface area contributed by atoms with E-state index >= 15 is 0 Å². The summed E-state index contributed by atoms with van der Waals surface area (Å²) in [7, 11) is 0. The fraction of sp³-hybridized carbons (Fsp3) is 0.185. The molecule has 3 aromatic carbocycles. The molecule has 0 aliphatic rings. The summed E-state index contributed by atoms with van der Waals surface area (Å²) in [6.07, 6.45) is 7.67. The van der Waals surface area contributed by atoms with E-state index in [0.29, 0.717) is 6.42 Å². The Bertz CT molecular complexity index is 1190. The van der Waals surface area contributed by atoms with E-state index in [4.69, 9.17) is 0 Å². The number of rotatable bonds is 8. The SMILES string of the molecule is C=CCCc1cc2ccc(C(F)=C(F)c3ccc(CC/C=C/C)cc3)c(F)c2c(F)c1F. The van der Waals surface area contributed by atoms with Crippen LogP contribution in [0.1, 0.15) is 42.0 Å². The van der Waals surface area contributed by atoms with E-state index in [2.05, 4.69) is 6.58 Å². The molecule has 0 N–H and O–H groups in total. The molecule has 3 aromatic rings. The monoisotopic (exact) mass is 442 g/mol. The predicted molar refractivity (Wildman–Crippen MR) is 121 cm³/mol. The van der Waals surface area contributed by atoms with Crippen LogP contribution >= 0.6 is 0 Å². The van der Waals surface area contributed by atoms with E-state index in [1.54, 1.807) is 18.2 Å². The van der Waals surface area contributed by atoms with Crippen LogP contribution in [0.2, 0.25) is 0 Å². The number of allylic oxidation sites excluding steroid dienone is 3. The molecule has 0 radical (unpaired) electrons. The summed E-state index contributed by atoms with van der Waals surface area (Å²) < 4.78 is 73.6. The van der Waals surface area contributed by atoms with Crippen LogP contribution in [0.25, 0.3) is 22.4 Å². The zero-order valence-corrected chi connectivity index (χ0v) is 17.7. The van der Waals surface area contributed by atoms with Crippen molar-refractivity contribution in [1.29, 1.82) is 0 Å². The molecule has 0 aliphatic carbocycles. The minimum Gasteiger partial charge on any atom is -0.205 e. The van der Waals surface area contributed by atoms with Gasteiger partial charge in [0, 0.05) is 11.1 Å². The first-order valence-electron chi connectivity index (χ1n) is 10.3. The van der Waals surface area contributed by atoms with Crippen molar-refractivity contribution in [3.8, 4) is 0 Å². The highest BCUT2D eigenvalue weighted by atomic mass is 19.2. The van der Waals surface area contributed by atoms with Gasteiger partial charge in [0.1, 0.15) is 5.82 Å². The van der Waals surface area contributed by atoms with Crippen molar-refractivity contribution in [2.75, 3.05) is 0 Å². The highest BCUT2D eigenvalue weighted by Crippen LogP contribution is 2.35. The molecule has 0 saturated carbocycles. The minimum absolute atomic E-state index is 0.0665. The lowest BCUT2D eigenvalue weighted by Crippen LogP contribution is -2.00. The van der Waals surface area contributed by atoms with Gasteiger partial charge < -0.3 is 0 Å². The number of fused-ring (bicyclic) bond motifs is 1. The zero-order chi connectivity index (χ0) is 23.3. The molecule has 3 rings (SSSR count). The number of halogens is 5. The Morgan fingerprint density at radius 2 is 1.56 bits per heavy atom. The lowest BCUT2D eigenvalue weighted by molar-refractivity contribution is 0.502. The molecule has 5 heteroatoms. The van der Waals surface area contributed by atoms with E-state index in [1.165, 1.54) is 24.3 Å². The highest BCUT2D eigenvalue weighted by molar-refractivity contribution is 5.91. The quantitative estimate of drug-likeness (QED) is 0.186. The van der Waals surface area contributed by atoms with Gasteiger partial charge in [-0.3, -0.25) is 0 Å². The van der Waals surface area contributed by atoms with Gasteiger partial charge in [-0.2, -0.15) is 0 Å². The second-order valence-electron chi connectivity index (χ2n) is 7.45. The molecule has 166 valence electrons. The standard InChI is InChI=1S/C27H23F5/c1-3-5-7-8-17-10-12-18(13-11-17)23(28)26(31)21-15-14-19-16-20(9-6-4-2)24(29)27(32)22(19)25(21)30/h3-5,10-16H,2,6-9H2,1H3/b5-3+,26-23?. The predicted octanol–water partition coefficient (Wildman–Crippen LogP) is 8.65. The second kappa shape index (κ2) is 10.4. The first kappa shape index (κ1) is 23.5. The van der Waals surface area contributed by atoms with Crippen LogP contribution in [0.3, 0.4) is 0 Å². The van der Waals surface area contributed by atoms with E-state index < -0.39 is 40.1 Å². The first-order chi connectivity index (χ1) is 15.4. The van der Waals surface area contributed by atoms with Gasteiger partial charge in [-0.05, 0) is 61.3 Å². The van der Waals surface area contributed by atoms with Crippen LogP contribution < -0.4 is 0 Å². The molecule has 0 bridgehead atoms. The third-order valence-corrected chi connectivity index (χ3v) is 5.29. The Kier molecular flexibility index (Phi) is 7.62. The maximum absolute atomic E-state index is 15.0. The van der Waals surface area contributed by atoms with Gasteiger partial charge in [-0.15, -0.1) is 6.58 Å². The van der Waals surface area contributed by atoms with Crippen molar-refractivity contribution in [3.63, 3.8) is 0 Å². The van der Waals surface area contributed by atoms with Gasteiger partial charge >= 0.3 is 0 Å². The molecule has 0 amide bonds. The average molecular weight is 442 g/mol. The average Bonchev–Trinajstić information content (AvgIpc) is 2.80. The van der Waals surface area contributed by atoms with Crippen molar-refractivity contribution < 1.29 is 22.0 Å². The third kappa shape index (κ3) is 4.82. The van der Waals surface area contributed by atoms with Crippen molar-refractivity contribution >= 4 is 22.4 Å². The van der Waals surface area contributed by atoms with Crippen LogP contribution in [-0.4, -0.2) is 0 Å². The molecule has 0 unspecified atom stereocenters. The van der Waals surface area contributed by atoms with Crippen molar-refractivity contribution in [1.82, 2.24) is 0 Å². The number of hydrogen-bond donors (Lipinski definition) is 0. The van der Waals surface area contributed by atoms with E-state index in [1.807, 2.05) is 19.1 Å². The molecule has 0 fully saturated rings. The number of aryl methyl sites for hydroxylation is 2. The minimum atomic E-state index is -1.47. The van der Waals surface area contributed by atoms with Gasteiger partial charge in [0.15, 0.2) is 23.3 Å².